The van der Waals surface area contributed by atoms with Gasteiger partial charge in [0.15, 0.2) is 0 Å². The van der Waals surface area contributed by atoms with Crippen LogP contribution in [0.1, 0.15) is 44.7 Å². The molecule has 1 aromatic rings. The number of hydrogen-bond acceptors (Lipinski definition) is 6. The highest BCUT2D eigenvalue weighted by atomic mass is 32.1. The van der Waals surface area contributed by atoms with Crippen molar-refractivity contribution in [3.8, 4) is 0 Å². The van der Waals surface area contributed by atoms with Crippen molar-refractivity contribution in [3.63, 3.8) is 0 Å². The van der Waals surface area contributed by atoms with Gasteiger partial charge in [0.1, 0.15) is 5.60 Å². The topological polar surface area (TPSA) is 81.2 Å². The average Bonchev–Trinajstić information content (AvgIpc) is 2.62. The maximum atomic E-state index is 11.4. The van der Waals surface area contributed by atoms with Crippen LogP contribution in [0.2, 0.25) is 0 Å². The molecule has 0 radical (unpaired) electrons. The fraction of sp³-hybridized carbons (Fsp3) is 0.600. The Labute approximate surface area is 104 Å². The molecule has 0 aliphatic carbocycles. The zero-order chi connectivity index (χ0) is 13.1. The molecule has 94 valence electrons. The molecule has 0 aromatic carbocycles. The first-order chi connectivity index (χ1) is 7.81. The minimum atomic E-state index is -0.607. The Morgan fingerprint density at radius 1 is 1.41 bits per heavy atom. The molecule has 0 aliphatic heterocycles. The standard InChI is InChI=1S/C10H15N3O3S/c1-5-6(14)7-11-8(17-13-7)12-9(15)16-10(2,3)4/h5H2,1-4H3,(H,11,12,13,15). The Kier molecular flexibility index (Phi) is 4.17. The van der Waals surface area contributed by atoms with Gasteiger partial charge in [0.05, 0.1) is 0 Å². The normalized spacial score (nSPS) is 11.1. The molecule has 1 aromatic heterocycles. The van der Waals surface area contributed by atoms with Crippen LogP contribution in [0.5, 0.6) is 0 Å². The van der Waals surface area contributed by atoms with Gasteiger partial charge >= 0.3 is 6.09 Å². The highest BCUT2D eigenvalue weighted by Crippen LogP contribution is 2.14. The molecule has 1 amide bonds. The first-order valence-electron chi connectivity index (χ1n) is 5.18. The molecule has 0 unspecified atom stereocenters. The van der Waals surface area contributed by atoms with Crippen molar-refractivity contribution in [2.75, 3.05) is 5.32 Å². The molecule has 1 rings (SSSR count). The third kappa shape index (κ3) is 4.48. The summed E-state index contributed by atoms with van der Waals surface area (Å²) in [6.07, 6.45) is -0.271. The average molecular weight is 257 g/mol. The fourth-order valence-electron chi connectivity index (χ4n) is 0.937. The van der Waals surface area contributed by atoms with E-state index >= 15 is 0 Å². The largest absolute Gasteiger partial charge is 0.444 e. The molecular formula is C10H15N3O3S. The number of Topliss-reactive ketones (excluding diaryl/α,β-unsaturated/α-hetero) is 1. The highest BCUT2D eigenvalue weighted by molar-refractivity contribution is 7.10. The number of rotatable bonds is 3. The Morgan fingerprint density at radius 2 is 2.06 bits per heavy atom. The molecule has 0 saturated heterocycles. The minimum absolute atomic E-state index is 0.128. The van der Waals surface area contributed by atoms with Crippen LogP contribution in [-0.4, -0.2) is 26.8 Å². The molecule has 7 heteroatoms. The van der Waals surface area contributed by atoms with Crippen molar-refractivity contribution in [1.82, 2.24) is 9.36 Å². The Balaban J connectivity index is 2.61. The molecule has 0 atom stereocenters. The van der Waals surface area contributed by atoms with Crippen LogP contribution in [0.15, 0.2) is 0 Å². The Hall–Kier alpha value is -1.50. The lowest BCUT2D eigenvalue weighted by atomic mass is 10.2. The molecule has 0 fully saturated rings. The van der Waals surface area contributed by atoms with Crippen molar-refractivity contribution < 1.29 is 14.3 Å². The summed E-state index contributed by atoms with van der Waals surface area (Å²) >= 11 is 0.954. The number of ether oxygens (including phenoxy) is 1. The van der Waals surface area contributed by atoms with E-state index in [0.29, 0.717) is 6.42 Å². The smallest absolute Gasteiger partial charge is 0.414 e. The fourth-order valence-corrected chi connectivity index (χ4v) is 1.51. The number of anilines is 1. The van der Waals surface area contributed by atoms with Crippen LogP contribution >= 0.6 is 11.5 Å². The molecule has 6 nitrogen and oxygen atoms in total. The number of hydrogen-bond donors (Lipinski definition) is 1. The van der Waals surface area contributed by atoms with Gasteiger partial charge < -0.3 is 4.74 Å². The van der Waals surface area contributed by atoms with Crippen molar-refractivity contribution in [1.29, 1.82) is 0 Å². The van der Waals surface area contributed by atoms with Gasteiger partial charge in [-0.2, -0.15) is 9.36 Å². The summed E-state index contributed by atoms with van der Waals surface area (Å²) in [6, 6.07) is 0. The molecule has 17 heavy (non-hydrogen) atoms. The highest BCUT2D eigenvalue weighted by Gasteiger charge is 2.18. The predicted octanol–water partition coefficient (Wildman–Crippen LogP) is 2.48. The number of nitrogens with one attached hydrogen (secondary N) is 1. The van der Waals surface area contributed by atoms with Gasteiger partial charge in [-0.05, 0) is 20.8 Å². The van der Waals surface area contributed by atoms with Crippen LogP contribution in [0.3, 0.4) is 0 Å². The SMILES string of the molecule is CCC(=O)c1nsc(NC(=O)OC(C)(C)C)n1. The van der Waals surface area contributed by atoms with E-state index in [0.717, 1.165) is 11.5 Å². The molecule has 0 spiro atoms. The minimum Gasteiger partial charge on any atom is -0.444 e. The summed E-state index contributed by atoms with van der Waals surface area (Å²) in [4.78, 5) is 26.6. The molecule has 0 bridgehead atoms. The van der Waals surface area contributed by atoms with Crippen molar-refractivity contribution in [2.45, 2.75) is 39.7 Å². The van der Waals surface area contributed by atoms with Crippen molar-refractivity contribution >= 4 is 28.5 Å². The first kappa shape index (κ1) is 13.6. The van der Waals surface area contributed by atoms with Gasteiger partial charge in [0.25, 0.3) is 0 Å². The van der Waals surface area contributed by atoms with Crippen LogP contribution < -0.4 is 5.32 Å². The summed E-state index contributed by atoms with van der Waals surface area (Å²) in [5, 5.41) is 2.69. The van der Waals surface area contributed by atoms with E-state index < -0.39 is 11.7 Å². The zero-order valence-corrected chi connectivity index (χ0v) is 11.1. The van der Waals surface area contributed by atoms with Crippen molar-refractivity contribution in [2.24, 2.45) is 0 Å². The van der Waals surface area contributed by atoms with E-state index in [1.54, 1.807) is 27.7 Å². The molecule has 1 heterocycles. The third-order valence-corrected chi connectivity index (χ3v) is 2.23. The van der Waals surface area contributed by atoms with Crippen molar-refractivity contribution in [3.05, 3.63) is 5.82 Å². The number of nitrogens with zero attached hydrogens (tertiary/aromatic N) is 2. The van der Waals surface area contributed by atoms with E-state index in [1.807, 2.05) is 0 Å². The van der Waals surface area contributed by atoms with Gasteiger partial charge in [0, 0.05) is 18.0 Å². The second-order valence-electron chi connectivity index (χ2n) is 4.33. The molecule has 0 aliphatic rings. The molecular weight excluding hydrogens is 242 g/mol. The first-order valence-corrected chi connectivity index (χ1v) is 5.96. The predicted molar refractivity (Wildman–Crippen MR) is 64.4 cm³/mol. The lowest BCUT2D eigenvalue weighted by Gasteiger charge is -2.18. The van der Waals surface area contributed by atoms with E-state index in [-0.39, 0.29) is 16.7 Å². The van der Waals surface area contributed by atoms with Crippen LogP contribution in [-0.2, 0) is 4.74 Å². The Morgan fingerprint density at radius 3 is 2.59 bits per heavy atom. The summed E-state index contributed by atoms with van der Waals surface area (Å²) in [5.74, 6) is -0.0259. The summed E-state index contributed by atoms with van der Waals surface area (Å²) in [7, 11) is 0. The van der Waals surface area contributed by atoms with Gasteiger partial charge in [-0.25, -0.2) is 4.79 Å². The van der Waals surface area contributed by atoms with Crippen LogP contribution in [0.25, 0.3) is 0 Å². The quantitative estimate of drug-likeness (QED) is 0.841. The second kappa shape index (κ2) is 5.22. The summed E-state index contributed by atoms with van der Waals surface area (Å²) in [6.45, 7) is 7.01. The maximum absolute atomic E-state index is 11.4. The van der Waals surface area contributed by atoms with E-state index in [2.05, 4.69) is 14.7 Å². The maximum Gasteiger partial charge on any atom is 0.414 e. The van der Waals surface area contributed by atoms with Crippen LogP contribution in [0, 0.1) is 0 Å². The Bertz CT molecular complexity index is 423. The second-order valence-corrected chi connectivity index (χ2v) is 5.08. The summed E-state index contributed by atoms with van der Waals surface area (Å²) < 4.78 is 8.89. The lowest BCUT2D eigenvalue weighted by molar-refractivity contribution is 0.0635. The van der Waals surface area contributed by atoms with Gasteiger partial charge in [-0.1, -0.05) is 6.92 Å². The van der Waals surface area contributed by atoms with Crippen LogP contribution in [0.4, 0.5) is 9.93 Å². The van der Waals surface area contributed by atoms with Gasteiger partial charge in [-0.15, -0.1) is 0 Å². The molecule has 0 saturated carbocycles. The number of carbonyl (C=O) groups is 2. The van der Waals surface area contributed by atoms with E-state index in [4.69, 9.17) is 4.74 Å². The summed E-state index contributed by atoms with van der Waals surface area (Å²) in [5.41, 5.74) is -0.573. The molecule has 1 N–H and O–H groups in total. The number of carbonyl (C=O) groups excluding carboxylic acids is 2. The third-order valence-electron chi connectivity index (χ3n) is 1.60. The number of aromatic nitrogens is 2. The zero-order valence-electron chi connectivity index (χ0n) is 10.2. The van der Waals surface area contributed by atoms with Gasteiger partial charge in [0.2, 0.25) is 16.7 Å². The van der Waals surface area contributed by atoms with E-state index in [1.165, 1.54) is 0 Å². The van der Waals surface area contributed by atoms with E-state index in [9.17, 15) is 9.59 Å². The lowest BCUT2D eigenvalue weighted by Crippen LogP contribution is -2.27. The number of ketones is 1. The monoisotopic (exact) mass is 257 g/mol. The number of amides is 1. The van der Waals surface area contributed by atoms with Gasteiger partial charge in [-0.3, -0.25) is 10.1 Å².